The number of thiazole rings is 1. The Morgan fingerprint density at radius 2 is 2.25 bits per heavy atom. The van der Waals surface area contributed by atoms with E-state index in [1.807, 2.05) is 6.07 Å². The molecule has 106 valence electrons. The number of aromatic nitrogens is 1. The number of sulfonamides is 1. The minimum Gasteiger partial charge on any atom is -0.385 e. The molecule has 2 heterocycles. The van der Waals surface area contributed by atoms with Gasteiger partial charge < -0.3 is 5.32 Å². The van der Waals surface area contributed by atoms with Crippen molar-refractivity contribution < 1.29 is 8.42 Å². The third kappa shape index (κ3) is 2.82. The molecule has 0 saturated carbocycles. The number of nitrogens with zero attached hydrogens (tertiary/aromatic N) is 1. The fraction of sp³-hybridized carbons (Fsp3) is 0.250. The van der Waals surface area contributed by atoms with Crippen LogP contribution in [0.1, 0.15) is 12.0 Å². The molecule has 0 spiro atoms. The van der Waals surface area contributed by atoms with Crippen molar-refractivity contribution >= 4 is 48.1 Å². The molecule has 0 bridgehead atoms. The van der Waals surface area contributed by atoms with Crippen LogP contribution in [-0.2, 0) is 16.4 Å². The van der Waals surface area contributed by atoms with Crippen LogP contribution >= 0.6 is 27.3 Å². The average Bonchev–Trinajstić information content (AvgIpc) is 2.83. The van der Waals surface area contributed by atoms with Gasteiger partial charge in [-0.15, -0.1) is 0 Å². The van der Waals surface area contributed by atoms with E-state index in [9.17, 15) is 8.42 Å². The molecule has 20 heavy (non-hydrogen) atoms. The van der Waals surface area contributed by atoms with Gasteiger partial charge in [0.15, 0.2) is 5.13 Å². The highest BCUT2D eigenvalue weighted by molar-refractivity contribution is 9.11. The molecule has 3 rings (SSSR count). The largest absolute Gasteiger partial charge is 0.385 e. The molecule has 8 heteroatoms. The first-order valence-electron chi connectivity index (χ1n) is 6.05. The van der Waals surface area contributed by atoms with Gasteiger partial charge >= 0.3 is 0 Å². The van der Waals surface area contributed by atoms with Crippen LogP contribution in [0.25, 0.3) is 0 Å². The molecule has 1 aromatic carbocycles. The maximum Gasteiger partial charge on any atom is 0.263 e. The molecule has 0 radical (unpaired) electrons. The first-order chi connectivity index (χ1) is 9.54. The van der Waals surface area contributed by atoms with Crippen LogP contribution in [0, 0.1) is 0 Å². The van der Waals surface area contributed by atoms with Crippen LogP contribution in [0.5, 0.6) is 0 Å². The van der Waals surface area contributed by atoms with Crippen molar-refractivity contribution in [2.75, 3.05) is 16.6 Å². The van der Waals surface area contributed by atoms with Crippen LogP contribution in [0.2, 0.25) is 0 Å². The van der Waals surface area contributed by atoms with E-state index in [0.29, 0.717) is 5.13 Å². The quantitative estimate of drug-likeness (QED) is 0.866. The summed E-state index contributed by atoms with van der Waals surface area (Å²) in [4.78, 5) is 4.23. The smallest absolute Gasteiger partial charge is 0.263 e. The Labute approximate surface area is 129 Å². The van der Waals surface area contributed by atoms with E-state index in [2.05, 4.69) is 31.0 Å². The second kappa shape index (κ2) is 5.34. The van der Waals surface area contributed by atoms with Crippen LogP contribution in [0.3, 0.4) is 0 Å². The summed E-state index contributed by atoms with van der Waals surface area (Å²) < 4.78 is 27.9. The van der Waals surface area contributed by atoms with Gasteiger partial charge in [0.2, 0.25) is 0 Å². The molecular weight excluding hydrogens is 362 g/mol. The lowest BCUT2D eigenvalue weighted by Crippen LogP contribution is -2.16. The van der Waals surface area contributed by atoms with Crippen molar-refractivity contribution in [2.24, 2.45) is 0 Å². The van der Waals surface area contributed by atoms with Crippen LogP contribution in [-0.4, -0.2) is 19.9 Å². The van der Waals surface area contributed by atoms with Gasteiger partial charge in [0.1, 0.15) is 0 Å². The third-order valence-corrected chi connectivity index (χ3v) is 5.89. The highest BCUT2D eigenvalue weighted by atomic mass is 79.9. The second-order valence-electron chi connectivity index (χ2n) is 4.42. The molecule has 0 amide bonds. The van der Waals surface area contributed by atoms with E-state index in [1.54, 1.807) is 18.3 Å². The predicted octanol–water partition coefficient (Wildman–Crippen LogP) is 3.06. The van der Waals surface area contributed by atoms with Crippen LogP contribution in [0.15, 0.2) is 33.1 Å². The first kappa shape index (κ1) is 13.8. The zero-order valence-electron chi connectivity index (χ0n) is 10.4. The van der Waals surface area contributed by atoms with Crippen molar-refractivity contribution in [2.45, 2.75) is 17.7 Å². The summed E-state index contributed by atoms with van der Waals surface area (Å²) in [6, 6.07) is 5.18. The number of hydrogen-bond acceptors (Lipinski definition) is 5. The van der Waals surface area contributed by atoms with Gasteiger partial charge in [-0.05, 0) is 46.5 Å². The fourth-order valence-corrected chi connectivity index (χ4v) is 4.46. The maximum atomic E-state index is 12.3. The van der Waals surface area contributed by atoms with Crippen molar-refractivity contribution in [1.82, 2.24) is 4.98 Å². The van der Waals surface area contributed by atoms with Gasteiger partial charge in [0.25, 0.3) is 10.0 Å². The summed E-state index contributed by atoms with van der Waals surface area (Å²) in [5.41, 5.74) is 2.06. The number of halogens is 1. The summed E-state index contributed by atoms with van der Waals surface area (Å²) in [7, 11) is -3.60. The summed E-state index contributed by atoms with van der Waals surface area (Å²) >= 11 is 4.49. The number of anilines is 2. The summed E-state index contributed by atoms with van der Waals surface area (Å²) in [6.45, 7) is 0.878. The Morgan fingerprint density at radius 1 is 1.40 bits per heavy atom. The minimum absolute atomic E-state index is 0.247. The molecule has 2 N–H and O–H groups in total. The average molecular weight is 374 g/mol. The second-order valence-corrected chi connectivity index (χ2v) is 8.52. The molecule has 0 fully saturated rings. The topological polar surface area (TPSA) is 71.1 Å². The number of fused-ring (bicyclic) bond motifs is 1. The van der Waals surface area contributed by atoms with Crippen molar-refractivity contribution in [3.63, 3.8) is 0 Å². The lowest BCUT2D eigenvalue weighted by atomic mass is 10.0. The standard InChI is InChI=1S/C12H12BrN3O2S2/c13-11-7-15-12(19-11)16-20(17,18)9-4-3-8-2-1-5-14-10(8)6-9/h3-4,6-7,14H,1-2,5H2,(H,15,16). The SMILES string of the molecule is O=S(=O)(Nc1ncc(Br)s1)c1ccc2c(c1)NCCC2. The van der Waals surface area contributed by atoms with Crippen LogP contribution < -0.4 is 10.0 Å². The van der Waals surface area contributed by atoms with E-state index in [-0.39, 0.29) is 4.90 Å². The molecule has 0 aliphatic carbocycles. The molecule has 1 aliphatic rings. The Bertz CT molecular complexity index is 743. The third-order valence-electron chi connectivity index (χ3n) is 3.03. The molecule has 5 nitrogen and oxygen atoms in total. The Hall–Kier alpha value is -1.12. The molecule has 0 saturated heterocycles. The molecule has 1 aliphatic heterocycles. The highest BCUT2D eigenvalue weighted by Gasteiger charge is 2.18. The minimum atomic E-state index is -3.60. The number of aryl methyl sites for hydroxylation is 1. The number of hydrogen-bond donors (Lipinski definition) is 2. The Balaban J connectivity index is 1.91. The monoisotopic (exact) mass is 373 g/mol. The summed E-state index contributed by atoms with van der Waals surface area (Å²) in [6.07, 6.45) is 3.62. The van der Waals surface area contributed by atoms with E-state index in [0.717, 1.165) is 34.4 Å². The van der Waals surface area contributed by atoms with Crippen molar-refractivity contribution in [3.8, 4) is 0 Å². The van der Waals surface area contributed by atoms with E-state index in [1.165, 1.54) is 11.3 Å². The maximum absolute atomic E-state index is 12.3. The van der Waals surface area contributed by atoms with E-state index >= 15 is 0 Å². The first-order valence-corrected chi connectivity index (χ1v) is 9.15. The summed E-state index contributed by atoms with van der Waals surface area (Å²) in [5.74, 6) is 0. The Kier molecular flexibility index (Phi) is 3.70. The van der Waals surface area contributed by atoms with Gasteiger partial charge in [0, 0.05) is 12.2 Å². The van der Waals surface area contributed by atoms with Crippen LogP contribution in [0.4, 0.5) is 10.8 Å². The van der Waals surface area contributed by atoms with Gasteiger partial charge in [-0.3, -0.25) is 4.72 Å². The van der Waals surface area contributed by atoms with Crippen molar-refractivity contribution in [1.29, 1.82) is 0 Å². The normalized spacial score (nSPS) is 14.4. The van der Waals surface area contributed by atoms with E-state index in [4.69, 9.17) is 0 Å². The number of benzene rings is 1. The van der Waals surface area contributed by atoms with Gasteiger partial charge in [-0.1, -0.05) is 17.4 Å². The van der Waals surface area contributed by atoms with E-state index < -0.39 is 10.0 Å². The molecule has 0 unspecified atom stereocenters. The summed E-state index contributed by atoms with van der Waals surface area (Å²) in [5, 5.41) is 3.58. The highest BCUT2D eigenvalue weighted by Crippen LogP contribution is 2.28. The number of nitrogens with one attached hydrogen (secondary N) is 2. The number of rotatable bonds is 3. The van der Waals surface area contributed by atoms with Gasteiger partial charge in [0.05, 0.1) is 14.9 Å². The fourth-order valence-electron chi connectivity index (χ4n) is 2.08. The van der Waals surface area contributed by atoms with Gasteiger partial charge in [-0.2, -0.15) is 0 Å². The zero-order chi connectivity index (χ0) is 14.2. The Morgan fingerprint density at radius 3 is 3.00 bits per heavy atom. The zero-order valence-corrected chi connectivity index (χ0v) is 13.6. The lowest BCUT2D eigenvalue weighted by Gasteiger charge is -2.18. The molecule has 2 aromatic rings. The molecule has 1 aromatic heterocycles. The molecular formula is C12H12BrN3O2S2. The molecule has 0 atom stereocenters. The lowest BCUT2D eigenvalue weighted by molar-refractivity contribution is 0.601. The van der Waals surface area contributed by atoms with Gasteiger partial charge in [-0.25, -0.2) is 13.4 Å². The predicted molar refractivity (Wildman–Crippen MR) is 83.9 cm³/mol. The van der Waals surface area contributed by atoms with Crippen molar-refractivity contribution in [3.05, 3.63) is 33.7 Å².